The van der Waals surface area contributed by atoms with Crippen LogP contribution < -0.4 is 5.32 Å². The van der Waals surface area contributed by atoms with E-state index in [1.807, 2.05) is 11.8 Å². The highest BCUT2D eigenvalue weighted by Crippen LogP contribution is 2.37. The molecule has 1 N–H and O–H groups in total. The lowest BCUT2D eigenvalue weighted by Gasteiger charge is -2.41. The number of thioether (sulfide) groups is 1. The molecule has 3 heterocycles. The molecule has 0 amide bonds. The second-order valence-corrected chi connectivity index (χ2v) is 9.69. The summed E-state index contributed by atoms with van der Waals surface area (Å²) >= 11 is 1.92. The first kappa shape index (κ1) is 18.3. The van der Waals surface area contributed by atoms with Gasteiger partial charge >= 0.3 is 0 Å². The molecule has 2 saturated heterocycles. The fourth-order valence-electron chi connectivity index (χ4n) is 5.81. The molecule has 0 spiro atoms. The van der Waals surface area contributed by atoms with Crippen LogP contribution >= 0.6 is 11.8 Å². The van der Waals surface area contributed by atoms with Crippen LogP contribution in [-0.4, -0.2) is 71.5 Å². The molecule has 0 aromatic heterocycles. The van der Waals surface area contributed by atoms with Crippen molar-refractivity contribution in [3.63, 3.8) is 0 Å². The Morgan fingerprint density at radius 2 is 1.74 bits per heavy atom. The quantitative estimate of drug-likeness (QED) is 0.801. The van der Waals surface area contributed by atoms with Crippen molar-refractivity contribution in [2.75, 3.05) is 39.3 Å². The topological polar surface area (TPSA) is 21.8 Å². The summed E-state index contributed by atoms with van der Waals surface area (Å²) in [4.78, 5) is 8.27. The van der Waals surface area contributed by atoms with Crippen molar-refractivity contribution < 1.29 is 0 Å². The molecular weight excluding hydrogens is 352 g/mol. The largest absolute Gasteiger partial charge is 0.366 e. The van der Waals surface area contributed by atoms with Gasteiger partial charge in [-0.1, -0.05) is 23.9 Å². The van der Waals surface area contributed by atoms with Crippen molar-refractivity contribution in [1.82, 2.24) is 20.0 Å². The number of nitrogens with one attached hydrogen (secondary N) is 1. The molecule has 0 bridgehead atoms. The van der Waals surface area contributed by atoms with Crippen molar-refractivity contribution in [2.24, 2.45) is 0 Å². The normalized spacial score (nSPS) is 34.1. The first-order valence-electron chi connectivity index (χ1n) is 11.1. The van der Waals surface area contributed by atoms with Gasteiger partial charge in [-0.3, -0.25) is 14.7 Å². The summed E-state index contributed by atoms with van der Waals surface area (Å²) in [6.07, 6.45) is 16.2. The molecule has 5 heteroatoms. The van der Waals surface area contributed by atoms with Gasteiger partial charge in [-0.05, 0) is 68.0 Å². The Morgan fingerprint density at radius 3 is 2.59 bits per heavy atom. The zero-order valence-corrected chi connectivity index (χ0v) is 17.3. The highest BCUT2D eigenvalue weighted by molar-refractivity contribution is 8.02. The number of rotatable bonds is 3. The second kappa shape index (κ2) is 8.32. The minimum Gasteiger partial charge on any atom is -0.366 e. The number of hydrogen-bond acceptors (Lipinski definition) is 5. The highest BCUT2D eigenvalue weighted by Gasteiger charge is 2.34. The number of nitrogens with zero attached hydrogens (tertiary/aromatic N) is 3. The minimum absolute atomic E-state index is 0.473. The Morgan fingerprint density at radius 1 is 0.889 bits per heavy atom. The Hall–Kier alpha value is -0.750. The molecule has 5 rings (SSSR count). The van der Waals surface area contributed by atoms with Gasteiger partial charge in [0, 0.05) is 51.0 Å². The number of hydrogen-bond donors (Lipinski definition) is 1. The average Bonchev–Trinajstić information content (AvgIpc) is 3.34. The highest BCUT2D eigenvalue weighted by atomic mass is 32.2. The lowest BCUT2D eigenvalue weighted by atomic mass is 9.94. The lowest BCUT2D eigenvalue weighted by molar-refractivity contribution is 0.0926. The third kappa shape index (κ3) is 3.89. The van der Waals surface area contributed by atoms with Crippen molar-refractivity contribution in [1.29, 1.82) is 0 Å². The van der Waals surface area contributed by atoms with Gasteiger partial charge in [0.25, 0.3) is 0 Å². The predicted octanol–water partition coefficient (Wildman–Crippen LogP) is 3.36. The van der Waals surface area contributed by atoms with Gasteiger partial charge in [0.2, 0.25) is 0 Å². The molecule has 5 aliphatic rings. The second-order valence-electron chi connectivity index (χ2n) is 8.70. The molecule has 4 nitrogen and oxygen atoms in total. The zero-order chi connectivity index (χ0) is 18.1. The van der Waals surface area contributed by atoms with Gasteiger partial charge in [0.1, 0.15) is 5.50 Å². The Kier molecular flexibility index (Phi) is 5.63. The summed E-state index contributed by atoms with van der Waals surface area (Å²) in [5, 5.41) is 5.67. The van der Waals surface area contributed by atoms with Crippen LogP contribution in [0, 0.1) is 0 Å². The van der Waals surface area contributed by atoms with E-state index in [1.165, 1.54) is 84.2 Å². The van der Waals surface area contributed by atoms with Crippen LogP contribution in [0.4, 0.5) is 0 Å². The van der Waals surface area contributed by atoms with Gasteiger partial charge < -0.3 is 5.32 Å². The summed E-state index contributed by atoms with van der Waals surface area (Å²) < 4.78 is 0. The molecule has 2 atom stereocenters. The minimum atomic E-state index is 0.473. The number of piperidine rings is 1. The van der Waals surface area contributed by atoms with E-state index in [4.69, 9.17) is 0 Å². The maximum atomic E-state index is 3.48. The van der Waals surface area contributed by atoms with E-state index < -0.39 is 0 Å². The van der Waals surface area contributed by atoms with E-state index in [0.717, 1.165) is 12.1 Å². The maximum Gasteiger partial charge on any atom is 0.131 e. The van der Waals surface area contributed by atoms with Gasteiger partial charge in [-0.2, -0.15) is 0 Å². The molecule has 2 fully saturated rings. The van der Waals surface area contributed by atoms with E-state index >= 15 is 0 Å². The number of allylic oxidation sites excluding steroid dienone is 3. The Balaban J connectivity index is 1.13. The fourth-order valence-corrected chi connectivity index (χ4v) is 6.66. The zero-order valence-electron chi connectivity index (χ0n) is 16.5. The smallest absolute Gasteiger partial charge is 0.131 e. The molecule has 27 heavy (non-hydrogen) atoms. The van der Waals surface area contributed by atoms with Crippen molar-refractivity contribution >= 4 is 11.8 Å². The van der Waals surface area contributed by atoms with E-state index in [1.54, 1.807) is 11.1 Å². The van der Waals surface area contributed by atoms with Gasteiger partial charge in [-0.25, -0.2) is 0 Å². The molecule has 0 aromatic rings. The van der Waals surface area contributed by atoms with Crippen molar-refractivity contribution in [3.05, 3.63) is 34.9 Å². The predicted molar refractivity (Wildman–Crippen MR) is 114 cm³/mol. The van der Waals surface area contributed by atoms with Gasteiger partial charge in [0.05, 0.1) is 0 Å². The third-order valence-electron chi connectivity index (χ3n) is 7.27. The molecule has 0 saturated carbocycles. The first-order chi connectivity index (χ1) is 13.4. The summed E-state index contributed by atoms with van der Waals surface area (Å²) in [6.45, 7) is 7.58. The fraction of sp³-hybridized carbons (Fsp3) is 0.727. The number of likely N-dealkylation sites (tertiary alicyclic amines) is 1. The standard InChI is InChI=1S/C22H34N4S/c1-2-5-20-18(4-1)6-7-21(20)25-13-8-19(9-14-25)24-11-3-12-26(16-15-24)22-23-10-17-27-22/h1,4,10,17,19,21-23H,2-3,5-9,11-16H2. The van der Waals surface area contributed by atoms with E-state index in [2.05, 4.69) is 43.8 Å². The van der Waals surface area contributed by atoms with E-state index in [0.29, 0.717) is 5.50 Å². The van der Waals surface area contributed by atoms with Gasteiger partial charge in [-0.15, -0.1) is 0 Å². The Labute approximate surface area is 168 Å². The van der Waals surface area contributed by atoms with Crippen LogP contribution in [0.2, 0.25) is 0 Å². The summed E-state index contributed by atoms with van der Waals surface area (Å²) in [5.41, 5.74) is 3.94. The van der Waals surface area contributed by atoms with Crippen molar-refractivity contribution in [3.8, 4) is 0 Å². The van der Waals surface area contributed by atoms with Crippen LogP contribution in [-0.2, 0) is 0 Å². The SMILES string of the molecule is C1=CC2=C(CC1)C(N1CCC(N3CCCN(C4NC=CS4)CC3)CC1)CC2. The third-order valence-corrected chi connectivity index (χ3v) is 8.25. The average molecular weight is 387 g/mol. The molecule has 0 radical (unpaired) electrons. The van der Waals surface area contributed by atoms with Crippen LogP contribution in [0.1, 0.15) is 44.9 Å². The van der Waals surface area contributed by atoms with E-state index in [9.17, 15) is 0 Å². The molecule has 3 aliphatic heterocycles. The molecular formula is C22H34N4S. The van der Waals surface area contributed by atoms with Crippen LogP contribution in [0.3, 0.4) is 0 Å². The molecule has 148 valence electrons. The summed E-state index contributed by atoms with van der Waals surface area (Å²) in [5.74, 6) is 0. The first-order valence-corrected chi connectivity index (χ1v) is 12.0. The van der Waals surface area contributed by atoms with Gasteiger partial charge in [0.15, 0.2) is 0 Å². The summed E-state index contributed by atoms with van der Waals surface area (Å²) in [6, 6.07) is 1.58. The molecule has 2 unspecified atom stereocenters. The van der Waals surface area contributed by atoms with Crippen LogP contribution in [0.25, 0.3) is 0 Å². The maximum absolute atomic E-state index is 3.48. The van der Waals surface area contributed by atoms with Crippen molar-refractivity contribution in [2.45, 2.75) is 62.5 Å². The van der Waals surface area contributed by atoms with Crippen LogP contribution in [0.5, 0.6) is 0 Å². The Bertz CT molecular complexity index is 612. The summed E-state index contributed by atoms with van der Waals surface area (Å²) in [7, 11) is 0. The lowest BCUT2D eigenvalue weighted by Crippen LogP contribution is -2.49. The van der Waals surface area contributed by atoms with Crippen LogP contribution in [0.15, 0.2) is 34.9 Å². The molecule has 0 aromatic carbocycles. The van der Waals surface area contributed by atoms with E-state index in [-0.39, 0.29) is 0 Å². The monoisotopic (exact) mass is 386 g/mol. The molecule has 2 aliphatic carbocycles.